The third-order valence-electron chi connectivity index (χ3n) is 4.90. The zero-order valence-corrected chi connectivity index (χ0v) is 18.1. The summed E-state index contributed by atoms with van der Waals surface area (Å²) in [6.07, 6.45) is 2.54. The molecule has 2 rings (SSSR count). The molecule has 0 spiro atoms. The second-order valence-corrected chi connectivity index (χ2v) is 7.00. The number of benzene rings is 1. The van der Waals surface area contributed by atoms with Crippen LogP contribution in [0, 0.1) is 0 Å². The highest BCUT2D eigenvalue weighted by Crippen LogP contribution is 2.15. The lowest BCUT2D eigenvalue weighted by Crippen LogP contribution is -2.36. The van der Waals surface area contributed by atoms with Crippen molar-refractivity contribution in [2.75, 3.05) is 7.05 Å². The fraction of sp³-hybridized carbons (Fsp3) is 0.500. The molecule has 29 heavy (non-hydrogen) atoms. The van der Waals surface area contributed by atoms with Gasteiger partial charge in [-0.05, 0) is 37.5 Å². The number of carbonyl (C=O) groups excluding carboxylic acids is 1. The summed E-state index contributed by atoms with van der Waals surface area (Å²) < 4.78 is 5.41. The first-order chi connectivity index (χ1) is 14.0. The van der Waals surface area contributed by atoms with Gasteiger partial charge in [0.1, 0.15) is 5.76 Å². The molecule has 1 atom stereocenters. The fourth-order valence-corrected chi connectivity index (χ4v) is 2.95. The van der Waals surface area contributed by atoms with E-state index >= 15 is 0 Å². The zero-order valence-electron chi connectivity index (χ0n) is 18.1. The topological polar surface area (TPSA) is 91.6 Å². The van der Waals surface area contributed by atoms with Gasteiger partial charge in [-0.1, -0.05) is 38.1 Å². The second kappa shape index (κ2) is 11.2. The third kappa shape index (κ3) is 6.34. The molecule has 7 heteroatoms. The van der Waals surface area contributed by atoms with Gasteiger partial charge < -0.3 is 20.5 Å². The van der Waals surface area contributed by atoms with Crippen molar-refractivity contribution in [3.05, 3.63) is 52.4 Å². The Hall–Kier alpha value is -2.83. The van der Waals surface area contributed by atoms with Crippen LogP contribution in [0.3, 0.4) is 0 Å². The number of hydrogen-bond acceptors (Lipinski definition) is 4. The van der Waals surface area contributed by atoms with E-state index in [4.69, 9.17) is 4.52 Å². The Morgan fingerprint density at radius 3 is 2.59 bits per heavy atom. The molecule has 0 fully saturated rings. The van der Waals surface area contributed by atoms with E-state index in [1.807, 2.05) is 31.2 Å². The van der Waals surface area contributed by atoms with Crippen LogP contribution in [0.2, 0.25) is 0 Å². The highest BCUT2D eigenvalue weighted by molar-refractivity contribution is 5.94. The maximum Gasteiger partial charge on any atom is 0.251 e. The molecular weight excluding hydrogens is 366 g/mol. The van der Waals surface area contributed by atoms with Gasteiger partial charge in [0.05, 0.1) is 5.69 Å². The Balaban J connectivity index is 1.95. The third-order valence-corrected chi connectivity index (χ3v) is 4.90. The molecule has 0 bridgehead atoms. The summed E-state index contributed by atoms with van der Waals surface area (Å²) >= 11 is 0. The van der Waals surface area contributed by atoms with E-state index in [1.54, 1.807) is 7.05 Å². The Morgan fingerprint density at radius 1 is 1.17 bits per heavy atom. The van der Waals surface area contributed by atoms with Gasteiger partial charge in [0.15, 0.2) is 5.96 Å². The van der Waals surface area contributed by atoms with Crippen molar-refractivity contribution in [3.8, 4) is 0 Å². The minimum Gasteiger partial charge on any atom is -0.361 e. The molecule has 0 saturated heterocycles. The van der Waals surface area contributed by atoms with Crippen molar-refractivity contribution in [3.63, 3.8) is 0 Å². The van der Waals surface area contributed by atoms with Gasteiger partial charge in [-0.25, -0.2) is 0 Å². The van der Waals surface area contributed by atoms with Crippen LogP contribution in [-0.2, 0) is 25.9 Å². The van der Waals surface area contributed by atoms with Gasteiger partial charge >= 0.3 is 0 Å². The minimum absolute atomic E-state index is 0.0460. The lowest BCUT2D eigenvalue weighted by Gasteiger charge is -2.14. The summed E-state index contributed by atoms with van der Waals surface area (Å²) in [5, 5.41) is 13.8. The van der Waals surface area contributed by atoms with Crippen LogP contribution in [-0.4, -0.2) is 30.1 Å². The number of nitrogens with zero attached hydrogens (tertiary/aromatic N) is 2. The highest BCUT2D eigenvalue weighted by atomic mass is 16.5. The quantitative estimate of drug-likeness (QED) is 0.445. The first kappa shape index (κ1) is 22.5. The molecule has 1 unspecified atom stereocenters. The molecule has 0 aliphatic carbocycles. The van der Waals surface area contributed by atoms with Gasteiger partial charge in [0.2, 0.25) is 0 Å². The summed E-state index contributed by atoms with van der Waals surface area (Å²) in [6, 6.07) is 7.79. The van der Waals surface area contributed by atoms with Crippen LogP contribution in [0.25, 0.3) is 0 Å². The number of hydrogen-bond donors (Lipinski definition) is 3. The first-order valence-electron chi connectivity index (χ1n) is 10.3. The largest absolute Gasteiger partial charge is 0.361 e. The molecule has 7 nitrogen and oxygen atoms in total. The van der Waals surface area contributed by atoms with Crippen molar-refractivity contribution < 1.29 is 9.32 Å². The van der Waals surface area contributed by atoms with E-state index in [9.17, 15) is 4.79 Å². The van der Waals surface area contributed by atoms with E-state index < -0.39 is 0 Å². The number of amides is 1. The fourth-order valence-electron chi connectivity index (χ4n) is 2.95. The summed E-state index contributed by atoms with van der Waals surface area (Å²) in [5.41, 5.74) is 3.75. The Labute approximate surface area is 173 Å². The molecule has 3 N–H and O–H groups in total. The molecule has 0 aliphatic rings. The Bertz CT molecular complexity index is 807. The number of carbonyl (C=O) groups is 1. The standard InChI is InChI=1S/C22H33N5O2/c1-6-15(4)26-21(28)17-11-9-10-16(12-17)13-24-22(23-5)25-14-18-19(7-2)27-29-20(18)8-3/h9-12,15H,6-8,13-14H2,1-5H3,(H,26,28)(H2,23,24,25). The summed E-state index contributed by atoms with van der Waals surface area (Å²) in [6.45, 7) is 9.35. The average Bonchev–Trinajstić information content (AvgIpc) is 3.15. The van der Waals surface area contributed by atoms with Crippen molar-refractivity contribution in [1.82, 2.24) is 21.1 Å². The molecule has 0 saturated carbocycles. The molecule has 1 amide bonds. The summed E-state index contributed by atoms with van der Waals surface area (Å²) in [5.74, 6) is 1.55. The maximum absolute atomic E-state index is 12.3. The zero-order chi connectivity index (χ0) is 21.2. The van der Waals surface area contributed by atoms with E-state index in [0.29, 0.717) is 24.6 Å². The number of rotatable bonds is 9. The number of aromatic nitrogens is 1. The first-order valence-corrected chi connectivity index (χ1v) is 10.3. The van der Waals surface area contributed by atoms with Crippen molar-refractivity contribution in [2.45, 2.75) is 66.1 Å². The normalized spacial score (nSPS) is 12.5. The number of nitrogens with one attached hydrogen (secondary N) is 3. The Kier molecular flexibility index (Phi) is 8.70. The maximum atomic E-state index is 12.3. The monoisotopic (exact) mass is 399 g/mol. The average molecular weight is 400 g/mol. The van der Waals surface area contributed by atoms with Crippen molar-refractivity contribution in [2.24, 2.45) is 4.99 Å². The highest BCUT2D eigenvalue weighted by Gasteiger charge is 2.14. The van der Waals surface area contributed by atoms with Crippen LogP contribution in [0.15, 0.2) is 33.8 Å². The number of guanidine groups is 1. The molecule has 1 heterocycles. The van der Waals surface area contributed by atoms with E-state index in [0.717, 1.165) is 41.8 Å². The van der Waals surface area contributed by atoms with Crippen LogP contribution >= 0.6 is 0 Å². The van der Waals surface area contributed by atoms with E-state index in [1.165, 1.54) is 0 Å². The predicted octanol–water partition coefficient (Wildman–Crippen LogP) is 3.19. The van der Waals surface area contributed by atoms with Crippen LogP contribution in [0.1, 0.15) is 67.1 Å². The van der Waals surface area contributed by atoms with Crippen molar-refractivity contribution in [1.29, 1.82) is 0 Å². The van der Waals surface area contributed by atoms with Crippen molar-refractivity contribution >= 4 is 11.9 Å². The van der Waals surface area contributed by atoms with Gasteiger partial charge in [0.25, 0.3) is 5.91 Å². The van der Waals surface area contributed by atoms with E-state index in [-0.39, 0.29) is 11.9 Å². The van der Waals surface area contributed by atoms with Gasteiger partial charge in [-0.2, -0.15) is 0 Å². The molecule has 0 radical (unpaired) electrons. The second-order valence-electron chi connectivity index (χ2n) is 7.00. The number of aryl methyl sites for hydroxylation is 2. The molecule has 1 aromatic heterocycles. The Morgan fingerprint density at radius 2 is 1.93 bits per heavy atom. The lowest BCUT2D eigenvalue weighted by atomic mass is 10.1. The lowest BCUT2D eigenvalue weighted by molar-refractivity contribution is 0.0939. The molecule has 1 aromatic carbocycles. The molecular formula is C22H33N5O2. The summed E-state index contributed by atoms with van der Waals surface area (Å²) in [4.78, 5) is 16.6. The molecule has 0 aliphatic heterocycles. The van der Waals surface area contributed by atoms with Crippen LogP contribution in [0.5, 0.6) is 0 Å². The SMILES string of the molecule is CCc1noc(CC)c1CNC(=NC)NCc1cccc(C(=O)NC(C)CC)c1. The number of aliphatic imine (C=N–C) groups is 1. The van der Waals surface area contributed by atoms with Gasteiger partial charge in [0, 0.05) is 43.7 Å². The predicted molar refractivity (Wildman–Crippen MR) is 116 cm³/mol. The van der Waals surface area contributed by atoms with Gasteiger partial charge in [-0.3, -0.25) is 9.79 Å². The summed E-state index contributed by atoms with van der Waals surface area (Å²) in [7, 11) is 1.74. The van der Waals surface area contributed by atoms with Crippen LogP contribution < -0.4 is 16.0 Å². The minimum atomic E-state index is -0.0460. The molecule has 2 aromatic rings. The molecule has 158 valence electrons. The smallest absolute Gasteiger partial charge is 0.251 e. The van der Waals surface area contributed by atoms with E-state index in [2.05, 4.69) is 46.9 Å². The van der Waals surface area contributed by atoms with Crippen LogP contribution in [0.4, 0.5) is 0 Å². The van der Waals surface area contributed by atoms with Gasteiger partial charge in [-0.15, -0.1) is 0 Å².